The lowest BCUT2D eigenvalue weighted by atomic mass is 9.93. The number of rotatable bonds is 5. The third-order valence-electron chi connectivity index (χ3n) is 3.97. The van der Waals surface area contributed by atoms with E-state index >= 15 is 0 Å². The van der Waals surface area contributed by atoms with Crippen LogP contribution in [0.1, 0.15) is 24.2 Å². The van der Waals surface area contributed by atoms with Gasteiger partial charge in [0.15, 0.2) is 11.4 Å². The summed E-state index contributed by atoms with van der Waals surface area (Å²) in [5, 5.41) is 14.8. The summed E-state index contributed by atoms with van der Waals surface area (Å²) in [6.07, 6.45) is -0.109. The number of nitrogens with zero attached hydrogens (tertiary/aromatic N) is 3. The molecule has 8 heteroatoms. The van der Waals surface area contributed by atoms with Crippen molar-refractivity contribution in [3.8, 4) is 0 Å². The number of likely N-dealkylation sites (tertiary alicyclic amines) is 1. The first-order valence-electron chi connectivity index (χ1n) is 7.55. The molecule has 7 nitrogen and oxygen atoms in total. The second kappa shape index (κ2) is 6.51. The molecule has 1 aliphatic heterocycles. The fraction of sp³-hybridized carbons (Fsp3) is 0.438. The summed E-state index contributed by atoms with van der Waals surface area (Å²) in [4.78, 5) is 18.1. The van der Waals surface area contributed by atoms with Crippen molar-refractivity contribution in [3.63, 3.8) is 0 Å². The maximum atomic E-state index is 12.5. The summed E-state index contributed by atoms with van der Waals surface area (Å²) in [6, 6.07) is 6.58. The lowest BCUT2D eigenvalue weighted by Crippen LogP contribution is -2.59. The summed E-state index contributed by atoms with van der Waals surface area (Å²) in [6.45, 7) is 4.25. The molecule has 0 bridgehead atoms. The maximum Gasteiger partial charge on any atom is 0.259 e. The van der Waals surface area contributed by atoms with Crippen molar-refractivity contribution in [2.45, 2.75) is 32.2 Å². The van der Waals surface area contributed by atoms with Crippen LogP contribution in [0.4, 0.5) is 0 Å². The summed E-state index contributed by atoms with van der Waals surface area (Å²) >= 11 is 5.84. The highest BCUT2D eigenvalue weighted by molar-refractivity contribution is 6.30. The maximum absolute atomic E-state index is 12.5. The number of carbonyl (C=O) groups excluding carboxylic acids is 1. The molecule has 0 radical (unpaired) electrons. The molecule has 1 aromatic heterocycles. The number of aryl methyl sites for hydroxylation is 1. The largest absolute Gasteiger partial charge is 0.376 e. The van der Waals surface area contributed by atoms with Gasteiger partial charge in [-0.15, -0.1) is 0 Å². The van der Waals surface area contributed by atoms with Crippen molar-refractivity contribution in [1.29, 1.82) is 0 Å². The monoisotopic (exact) mass is 351 g/mol. The molecule has 3 rings (SSSR count). The minimum absolute atomic E-state index is 0.109. The molecule has 1 fully saturated rings. The Hall–Kier alpha value is -1.96. The van der Waals surface area contributed by atoms with Crippen LogP contribution in [0.3, 0.4) is 0 Å². The molecule has 2 heterocycles. The topological polar surface area (TPSA) is 88.7 Å². The van der Waals surface area contributed by atoms with E-state index in [9.17, 15) is 9.90 Å². The van der Waals surface area contributed by atoms with Gasteiger partial charge in [0.25, 0.3) is 11.8 Å². The van der Waals surface area contributed by atoms with E-state index in [1.165, 1.54) is 6.92 Å². The molecular weight excluding hydrogens is 334 g/mol. The molecule has 1 saturated heterocycles. The molecule has 1 amide bonds. The van der Waals surface area contributed by atoms with Gasteiger partial charge in [0.05, 0.1) is 6.10 Å². The van der Waals surface area contributed by atoms with Crippen LogP contribution in [0.5, 0.6) is 0 Å². The van der Waals surface area contributed by atoms with E-state index in [4.69, 9.17) is 20.9 Å². The first-order valence-corrected chi connectivity index (χ1v) is 7.92. The Kier molecular flexibility index (Phi) is 4.58. The zero-order chi connectivity index (χ0) is 17.3. The standard InChI is InChI=1S/C16H18ClN3O4/c1-10-18-14(24-19-10)9-23-13-7-20(8-13)15(21)16(2,22)11-3-5-12(17)6-4-11/h3-6,13,22H,7-9H2,1-2H3. The summed E-state index contributed by atoms with van der Waals surface area (Å²) in [5.41, 5.74) is -1.10. The van der Waals surface area contributed by atoms with Crippen molar-refractivity contribution in [2.75, 3.05) is 13.1 Å². The van der Waals surface area contributed by atoms with E-state index in [0.29, 0.717) is 35.4 Å². The molecule has 0 spiro atoms. The molecule has 1 aliphatic rings. The van der Waals surface area contributed by atoms with Gasteiger partial charge >= 0.3 is 0 Å². The number of carbonyl (C=O) groups is 1. The zero-order valence-electron chi connectivity index (χ0n) is 13.4. The van der Waals surface area contributed by atoms with Crippen LogP contribution in [0.25, 0.3) is 0 Å². The van der Waals surface area contributed by atoms with Gasteiger partial charge in [-0.3, -0.25) is 4.79 Å². The summed E-state index contributed by atoms with van der Waals surface area (Å²) in [7, 11) is 0. The molecule has 128 valence electrons. The van der Waals surface area contributed by atoms with E-state index in [1.54, 1.807) is 36.1 Å². The number of hydrogen-bond acceptors (Lipinski definition) is 6. The highest BCUT2D eigenvalue weighted by atomic mass is 35.5. The number of amides is 1. The molecule has 1 aromatic carbocycles. The van der Waals surface area contributed by atoms with Crippen LogP contribution in [0, 0.1) is 6.92 Å². The van der Waals surface area contributed by atoms with Crippen molar-refractivity contribution in [1.82, 2.24) is 15.0 Å². The molecule has 2 aromatic rings. The van der Waals surface area contributed by atoms with Gasteiger partial charge in [0.1, 0.15) is 6.61 Å². The van der Waals surface area contributed by atoms with Gasteiger partial charge < -0.3 is 19.3 Å². The van der Waals surface area contributed by atoms with Gasteiger partial charge in [0.2, 0.25) is 0 Å². The van der Waals surface area contributed by atoms with Gasteiger partial charge in [0, 0.05) is 18.1 Å². The lowest BCUT2D eigenvalue weighted by Gasteiger charge is -2.42. The Morgan fingerprint density at radius 1 is 1.46 bits per heavy atom. The first-order chi connectivity index (χ1) is 11.4. The number of halogens is 1. The van der Waals surface area contributed by atoms with E-state index in [2.05, 4.69) is 10.1 Å². The van der Waals surface area contributed by atoms with Crippen LogP contribution < -0.4 is 0 Å². The molecule has 1 N–H and O–H groups in total. The Bertz CT molecular complexity index is 723. The van der Waals surface area contributed by atoms with Crippen LogP contribution in [0.15, 0.2) is 28.8 Å². The minimum atomic E-state index is -1.60. The number of ether oxygens (including phenoxy) is 1. The van der Waals surface area contributed by atoms with Gasteiger partial charge in [-0.25, -0.2) is 0 Å². The van der Waals surface area contributed by atoms with Crippen LogP contribution >= 0.6 is 11.6 Å². The summed E-state index contributed by atoms with van der Waals surface area (Å²) < 4.78 is 10.6. The number of hydrogen-bond donors (Lipinski definition) is 1. The Morgan fingerprint density at radius 3 is 2.71 bits per heavy atom. The van der Waals surface area contributed by atoms with Gasteiger partial charge in [-0.2, -0.15) is 4.98 Å². The average molecular weight is 352 g/mol. The van der Waals surface area contributed by atoms with Crippen molar-refractivity contribution in [2.24, 2.45) is 0 Å². The third-order valence-corrected chi connectivity index (χ3v) is 4.22. The molecule has 1 atom stereocenters. The summed E-state index contributed by atoms with van der Waals surface area (Å²) in [5.74, 6) is 0.599. The van der Waals surface area contributed by atoms with Crippen LogP contribution in [-0.2, 0) is 21.7 Å². The highest BCUT2D eigenvalue weighted by Crippen LogP contribution is 2.27. The predicted molar refractivity (Wildman–Crippen MR) is 85.2 cm³/mol. The van der Waals surface area contributed by atoms with Crippen molar-refractivity contribution in [3.05, 3.63) is 46.6 Å². The number of aliphatic hydroxyl groups is 1. The van der Waals surface area contributed by atoms with E-state index in [1.807, 2.05) is 0 Å². The van der Waals surface area contributed by atoms with E-state index in [0.717, 1.165) is 0 Å². The second-order valence-corrected chi connectivity index (χ2v) is 6.39. The lowest BCUT2D eigenvalue weighted by molar-refractivity contribution is -0.165. The van der Waals surface area contributed by atoms with E-state index in [-0.39, 0.29) is 18.6 Å². The third kappa shape index (κ3) is 3.43. The van der Waals surface area contributed by atoms with Gasteiger partial charge in [-0.05, 0) is 31.5 Å². The fourth-order valence-corrected chi connectivity index (χ4v) is 2.63. The van der Waals surface area contributed by atoms with Gasteiger partial charge in [-0.1, -0.05) is 28.9 Å². The average Bonchev–Trinajstić information content (AvgIpc) is 2.91. The Morgan fingerprint density at radius 2 is 2.12 bits per heavy atom. The Labute approximate surface area is 144 Å². The van der Waals surface area contributed by atoms with Crippen LogP contribution in [-0.4, -0.2) is 45.2 Å². The number of aromatic nitrogens is 2. The normalized spacial score (nSPS) is 17.4. The highest BCUT2D eigenvalue weighted by Gasteiger charge is 2.42. The SMILES string of the molecule is Cc1noc(COC2CN(C(=O)C(C)(O)c3ccc(Cl)cc3)C2)n1. The molecule has 0 saturated carbocycles. The molecule has 0 aliphatic carbocycles. The smallest absolute Gasteiger partial charge is 0.259 e. The second-order valence-electron chi connectivity index (χ2n) is 5.96. The minimum Gasteiger partial charge on any atom is -0.376 e. The van der Waals surface area contributed by atoms with Crippen molar-refractivity contribution < 1.29 is 19.2 Å². The Balaban J connectivity index is 1.53. The van der Waals surface area contributed by atoms with E-state index < -0.39 is 5.60 Å². The quantitative estimate of drug-likeness (QED) is 0.881. The number of benzene rings is 1. The first kappa shape index (κ1) is 16.9. The molecule has 24 heavy (non-hydrogen) atoms. The molecular formula is C16H18ClN3O4. The molecule has 1 unspecified atom stereocenters. The fourth-order valence-electron chi connectivity index (χ4n) is 2.50. The zero-order valence-corrected chi connectivity index (χ0v) is 14.2. The van der Waals surface area contributed by atoms with Crippen molar-refractivity contribution >= 4 is 17.5 Å². The van der Waals surface area contributed by atoms with Crippen LogP contribution in [0.2, 0.25) is 5.02 Å². The predicted octanol–water partition coefficient (Wildman–Crippen LogP) is 1.67.